The molecule has 0 aromatic rings. The summed E-state index contributed by atoms with van der Waals surface area (Å²) in [5.41, 5.74) is -0.653. The van der Waals surface area contributed by atoms with Crippen molar-refractivity contribution in [2.45, 2.75) is 51.9 Å². The summed E-state index contributed by atoms with van der Waals surface area (Å²) in [7, 11) is 0. The number of ether oxygens (including phenoxy) is 1. The van der Waals surface area contributed by atoms with E-state index in [9.17, 15) is 4.79 Å². The van der Waals surface area contributed by atoms with E-state index >= 15 is 0 Å². The Morgan fingerprint density at radius 2 is 1.88 bits per heavy atom. The van der Waals surface area contributed by atoms with Crippen molar-refractivity contribution in [3.8, 4) is 6.07 Å². The van der Waals surface area contributed by atoms with Crippen molar-refractivity contribution in [3.63, 3.8) is 0 Å². The van der Waals surface area contributed by atoms with Crippen molar-refractivity contribution in [3.05, 3.63) is 12.3 Å². The molecule has 0 saturated heterocycles. The van der Waals surface area contributed by atoms with E-state index in [-0.39, 0.29) is 11.4 Å². The molecule has 17 heavy (non-hydrogen) atoms. The van der Waals surface area contributed by atoms with E-state index in [1.54, 1.807) is 0 Å². The molecule has 0 aliphatic heterocycles. The fourth-order valence-electron chi connectivity index (χ4n) is 2.39. The van der Waals surface area contributed by atoms with Gasteiger partial charge in [-0.2, -0.15) is 5.26 Å². The molecule has 3 heteroatoms. The molecule has 0 spiro atoms. The smallest absolute Gasteiger partial charge is 0.331 e. The molecule has 0 amide bonds. The Kier molecular flexibility index (Phi) is 3.24. The molecule has 2 fully saturated rings. The van der Waals surface area contributed by atoms with Gasteiger partial charge in [0.1, 0.15) is 0 Å². The highest BCUT2D eigenvalue weighted by molar-refractivity contribution is 5.83. The molecule has 2 saturated carbocycles. The van der Waals surface area contributed by atoms with Crippen molar-refractivity contribution in [1.29, 1.82) is 5.26 Å². The van der Waals surface area contributed by atoms with Crippen molar-refractivity contribution in [2.75, 3.05) is 0 Å². The lowest BCUT2D eigenvalue weighted by Gasteiger charge is -2.29. The van der Waals surface area contributed by atoms with Gasteiger partial charge >= 0.3 is 5.97 Å². The Hall–Kier alpha value is -1.30. The molecule has 0 unspecified atom stereocenters. The van der Waals surface area contributed by atoms with Crippen molar-refractivity contribution in [2.24, 2.45) is 10.8 Å². The molecule has 3 nitrogen and oxygen atoms in total. The zero-order valence-electron chi connectivity index (χ0n) is 10.4. The Balaban J connectivity index is 1.85. The quantitative estimate of drug-likeness (QED) is 0.555. The monoisotopic (exact) mass is 233 g/mol. The van der Waals surface area contributed by atoms with Gasteiger partial charge in [-0.15, -0.1) is 0 Å². The number of allylic oxidation sites excluding steroid dienone is 1. The lowest BCUT2D eigenvalue weighted by Crippen LogP contribution is -2.18. The van der Waals surface area contributed by atoms with Gasteiger partial charge in [-0.1, -0.05) is 26.2 Å². The first-order valence-electron chi connectivity index (χ1n) is 6.40. The van der Waals surface area contributed by atoms with Crippen LogP contribution in [0.1, 0.15) is 51.9 Å². The van der Waals surface area contributed by atoms with Gasteiger partial charge in [0.25, 0.3) is 0 Å². The molecular formula is C14H19NO2. The summed E-state index contributed by atoms with van der Waals surface area (Å²) in [5.74, 6) is -0.379. The average Bonchev–Trinajstić information content (AvgIpc) is 3.10. The van der Waals surface area contributed by atoms with Crippen LogP contribution in [0, 0.1) is 22.2 Å². The number of nitrogens with zero attached hydrogens (tertiary/aromatic N) is 1. The molecule has 0 bridgehead atoms. The molecular weight excluding hydrogens is 214 g/mol. The van der Waals surface area contributed by atoms with Crippen molar-refractivity contribution < 1.29 is 9.53 Å². The van der Waals surface area contributed by atoms with Gasteiger partial charge in [-0.25, -0.2) is 4.79 Å². The molecule has 0 aromatic heterocycles. The van der Waals surface area contributed by atoms with E-state index in [1.165, 1.54) is 25.5 Å². The van der Waals surface area contributed by atoms with Crippen LogP contribution in [0.4, 0.5) is 0 Å². The fraction of sp³-hybridized carbons (Fsp3) is 0.714. The van der Waals surface area contributed by atoms with Gasteiger partial charge in [-0.3, -0.25) is 0 Å². The molecule has 0 N–H and O–H groups in total. The third-order valence-corrected chi connectivity index (χ3v) is 4.00. The van der Waals surface area contributed by atoms with Gasteiger partial charge in [0, 0.05) is 0 Å². The maximum absolute atomic E-state index is 11.6. The third kappa shape index (κ3) is 2.69. The number of hydrogen-bond donors (Lipinski definition) is 0. The molecule has 0 radical (unpaired) electrons. The summed E-state index contributed by atoms with van der Waals surface area (Å²) >= 11 is 0. The second kappa shape index (κ2) is 4.52. The molecule has 0 heterocycles. The minimum absolute atomic E-state index is 0.169. The topological polar surface area (TPSA) is 50.1 Å². The third-order valence-electron chi connectivity index (χ3n) is 4.00. The Labute approximate surface area is 102 Å². The highest BCUT2D eigenvalue weighted by Gasteiger charge is 2.52. The van der Waals surface area contributed by atoms with Gasteiger partial charge < -0.3 is 4.74 Å². The highest BCUT2D eigenvalue weighted by atomic mass is 16.5. The van der Waals surface area contributed by atoms with Gasteiger partial charge in [-0.05, 0) is 37.2 Å². The maximum atomic E-state index is 11.6. The average molecular weight is 233 g/mol. The van der Waals surface area contributed by atoms with E-state index in [4.69, 9.17) is 10.00 Å². The minimum Gasteiger partial charge on any atom is -0.434 e. The van der Waals surface area contributed by atoms with E-state index < -0.39 is 5.41 Å². The number of rotatable bonds is 3. The Morgan fingerprint density at radius 1 is 1.24 bits per heavy atom. The minimum atomic E-state index is -0.822. The van der Waals surface area contributed by atoms with Crippen LogP contribution in [0.15, 0.2) is 12.3 Å². The predicted octanol–water partition coefficient (Wildman–Crippen LogP) is 3.32. The molecule has 92 valence electrons. The molecule has 2 rings (SSSR count). The molecule has 2 aliphatic carbocycles. The summed E-state index contributed by atoms with van der Waals surface area (Å²) in [6.07, 6.45) is 10.9. The summed E-state index contributed by atoms with van der Waals surface area (Å²) in [6, 6.07) is 2.04. The van der Waals surface area contributed by atoms with E-state index in [2.05, 4.69) is 6.92 Å². The van der Waals surface area contributed by atoms with Crippen molar-refractivity contribution >= 4 is 5.97 Å². The largest absolute Gasteiger partial charge is 0.434 e. The van der Waals surface area contributed by atoms with E-state index in [0.717, 1.165) is 12.8 Å². The van der Waals surface area contributed by atoms with Crippen LogP contribution in [0.3, 0.4) is 0 Å². The number of carbonyl (C=O) groups excluding carboxylic acids is 1. The predicted molar refractivity (Wildman–Crippen MR) is 63.7 cm³/mol. The van der Waals surface area contributed by atoms with Gasteiger partial charge in [0.2, 0.25) is 0 Å². The highest BCUT2D eigenvalue weighted by Crippen LogP contribution is 2.46. The normalized spacial score (nSPS) is 25.2. The van der Waals surface area contributed by atoms with Crippen molar-refractivity contribution in [1.82, 2.24) is 0 Å². The first-order chi connectivity index (χ1) is 8.10. The van der Waals surface area contributed by atoms with Crippen LogP contribution >= 0.6 is 0 Å². The molecule has 0 atom stereocenters. The van der Waals surface area contributed by atoms with Crippen LogP contribution < -0.4 is 0 Å². The lowest BCUT2D eigenvalue weighted by molar-refractivity contribution is -0.142. The molecule has 2 aliphatic rings. The summed E-state index contributed by atoms with van der Waals surface area (Å²) in [5, 5.41) is 8.85. The number of esters is 1. The lowest BCUT2D eigenvalue weighted by atomic mass is 9.76. The van der Waals surface area contributed by atoms with Crippen LogP contribution in [0.5, 0.6) is 0 Å². The number of nitriles is 1. The molecule has 0 aromatic carbocycles. The zero-order valence-corrected chi connectivity index (χ0v) is 10.4. The van der Waals surface area contributed by atoms with Crippen LogP contribution in [-0.4, -0.2) is 5.97 Å². The Bertz CT molecular complexity index is 368. The van der Waals surface area contributed by atoms with E-state index in [1.807, 2.05) is 12.1 Å². The standard InChI is InChI=1S/C14H19NO2/c1-13(5-3-2-4-6-13)9-10-17-12(16)14(11-15)7-8-14/h9-10H,2-8H2,1H3/b10-9+. The van der Waals surface area contributed by atoms with Crippen LogP contribution in [-0.2, 0) is 9.53 Å². The summed E-state index contributed by atoms with van der Waals surface area (Å²) < 4.78 is 5.09. The number of carbonyl (C=O) groups is 1. The second-order valence-corrected chi connectivity index (χ2v) is 5.62. The number of hydrogen-bond acceptors (Lipinski definition) is 3. The van der Waals surface area contributed by atoms with Crippen LogP contribution in [0.2, 0.25) is 0 Å². The first-order valence-corrected chi connectivity index (χ1v) is 6.40. The van der Waals surface area contributed by atoms with Gasteiger partial charge in [0.05, 0.1) is 12.3 Å². The zero-order chi connectivity index (χ0) is 12.4. The second-order valence-electron chi connectivity index (χ2n) is 5.62. The SMILES string of the molecule is CC1(/C=C/OC(=O)C2(C#N)CC2)CCCCC1. The van der Waals surface area contributed by atoms with E-state index in [0.29, 0.717) is 12.8 Å². The van der Waals surface area contributed by atoms with Crippen LogP contribution in [0.25, 0.3) is 0 Å². The van der Waals surface area contributed by atoms with Gasteiger partial charge in [0.15, 0.2) is 5.41 Å². The first kappa shape index (κ1) is 12.2. The maximum Gasteiger partial charge on any atom is 0.331 e. The summed E-state index contributed by atoms with van der Waals surface area (Å²) in [4.78, 5) is 11.6. The fourth-order valence-corrected chi connectivity index (χ4v) is 2.39. The Morgan fingerprint density at radius 3 is 2.41 bits per heavy atom. The summed E-state index contributed by atoms with van der Waals surface area (Å²) in [6.45, 7) is 2.20.